The topological polar surface area (TPSA) is 36.4 Å². The van der Waals surface area contributed by atoms with Crippen molar-refractivity contribution >= 4 is 17.2 Å². The van der Waals surface area contributed by atoms with Gasteiger partial charge in [-0.15, -0.1) is 11.3 Å². The van der Waals surface area contributed by atoms with E-state index in [9.17, 15) is 9.18 Å². The normalized spacial score (nSPS) is 23.9. The zero-order valence-electron chi connectivity index (χ0n) is 14.4. The molecule has 0 N–H and O–H groups in total. The third kappa shape index (κ3) is 3.33. The van der Waals surface area contributed by atoms with Crippen molar-refractivity contribution in [2.75, 3.05) is 19.6 Å². The third-order valence-corrected chi connectivity index (χ3v) is 6.17. The van der Waals surface area contributed by atoms with Crippen molar-refractivity contribution in [3.8, 4) is 0 Å². The molecule has 1 atom stereocenters. The molecule has 6 heteroatoms. The summed E-state index contributed by atoms with van der Waals surface area (Å²) in [6, 6.07) is 6.54. The average Bonchev–Trinajstić information content (AvgIpc) is 3.25. The fourth-order valence-electron chi connectivity index (χ4n) is 4.08. The van der Waals surface area contributed by atoms with Crippen LogP contribution in [0.25, 0.3) is 0 Å². The molecule has 4 nitrogen and oxygen atoms in total. The van der Waals surface area contributed by atoms with Crippen molar-refractivity contribution in [3.05, 3.63) is 51.7 Å². The second-order valence-corrected chi connectivity index (χ2v) is 8.27. The minimum atomic E-state index is -0.252. The van der Waals surface area contributed by atoms with Crippen molar-refractivity contribution in [1.29, 1.82) is 0 Å². The highest BCUT2D eigenvalue weighted by molar-refractivity contribution is 7.09. The van der Waals surface area contributed by atoms with Crippen LogP contribution < -0.4 is 0 Å². The smallest absolute Gasteiger partial charge is 0.230 e. The standard InChI is InChI=1S/C19H22FN3OS/c1-14-21-17(12-25-14)11-22-7-5-19(13-22)6-8-23(18(19)24)10-15-3-2-4-16(20)9-15/h2-4,9,12H,5-8,10-11,13H2,1H3. The molecule has 2 aliphatic rings. The predicted octanol–water partition coefficient (Wildman–Crippen LogP) is 3.22. The van der Waals surface area contributed by atoms with Crippen LogP contribution in [-0.2, 0) is 17.9 Å². The molecule has 1 unspecified atom stereocenters. The van der Waals surface area contributed by atoms with E-state index < -0.39 is 0 Å². The maximum Gasteiger partial charge on any atom is 0.230 e. The molecule has 2 fully saturated rings. The molecule has 0 aliphatic carbocycles. The summed E-state index contributed by atoms with van der Waals surface area (Å²) in [6.45, 7) is 5.86. The van der Waals surface area contributed by atoms with Crippen molar-refractivity contribution in [2.24, 2.45) is 5.41 Å². The number of amides is 1. The number of likely N-dealkylation sites (tertiary alicyclic amines) is 2. The average molecular weight is 359 g/mol. The molecule has 25 heavy (non-hydrogen) atoms. The van der Waals surface area contributed by atoms with Gasteiger partial charge in [-0.25, -0.2) is 9.37 Å². The molecule has 1 aromatic carbocycles. The van der Waals surface area contributed by atoms with Crippen molar-refractivity contribution in [2.45, 2.75) is 32.9 Å². The lowest BCUT2D eigenvalue weighted by Crippen LogP contribution is -2.36. The van der Waals surface area contributed by atoms with E-state index in [2.05, 4.69) is 15.3 Å². The predicted molar refractivity (Wildman–Crippen MR) is 95.6 cm³/mol. The summed E-state index contributed by atoms with van der Waals surface area (Å²) in [5, 5.41) is 3.19. The van der Waals surface area contributed by atoms with Gasteiger partial charge in [-0.05, 0) is 44.0 Å². The number of carbonyl (C=O) groups excluding carboxylic acids is 1. The monoisotopic (exact) mass is 359 g/mol. The molecule has 1 amide bonds. The second kappa shape index (κ2) is 6.50. The van der Waals surface area contributed by atoms with Gasteiger partial charge in [0.05, 0.1) is 16.1 Å². The Morgan fingerprint density at radius 1 is 1.28 bits per heavy atom. The van der Waals surface area contributed by atoms with E-state index in [4.69, 9.17) is 0 Å². The highest BCUT2D eigenvalue weighted by Crippen LogP contribution is 2.41. The number of benzene rings is 1. The number of thiazole rings is 1. The summed E-state index contributed by atoms with van der Waals surface area (Å²) in [5.41, 5.74) is 1.71. The first-order chi connectivity index (χ1) is 12.0. The zero-order valence-corrected chi connectivity index (χ0v) is 15.2. The zero-order chi connectivity index (χ0) is 17.4. The van der Waals surface area contributed by atoms with Gasteiger partial charge in [0.15, 0.2) is 0 Å². The van der Waals surface area contributed by atoms with E-state index in [0.717, 1.165) is 55.3 Å². The lowest BCUT2D eigenvalue weighted by atomic mass is 9.85. The van der Waals surface area contributed by atoms with Gasteiger partial charge in [-0.2, -0.15) is 0 Å². The largest absolute Gasteiger partial charge is 0.338 e. The first kappa shape index (κ1) is 16.7. The Morgan fingerprint density at radius 2 is 2.12 bits per heavy atom. The van der Waals surface area contributed by atoms with Gasteiger partial charge in [0.25, 0.3) is 0 Å². The van der Waals surface area contributed by atoms with Gasteiger partial charge in [-0.1, -0.05) is 12.1 Å². The first-order valence-electron chi connectivity index (χ1n) is 8.71. The fourth-order valence-corrected chi connectivity index (χ4v) is 4.69. The van der Waals surface area contributed by atoms with E-state index in [1.807, 2.05) is 17.9 Å². The Balaban J connectivity index is 1.41. The molecule has 1 spiro atoms. The van der Waals surface area contributed by atoms with Gasteiger partial charge in [0, 0.05) is 31.6 Å². The van der Waals surface area contributed by atoms with Crippen molar-refractivity contribution < 1.29 is 9.18 Å². The molecular weight excluding hydrogens is 337 g/mol. The minimum Gasteiger partial charge on any atom is -0.338 e. The van der Waals surface area contributed by atoms with Crippen LogP contribution in [-0.4, -0.2) is 40.3 Å². The molecule has 132 valence electrons. The molecule has 1 aromatic heterocycles. The van der Waals surface area contributed by atoms with Crippen LogP contribution >= 0.6 is 11.3 Å². The third-order valence-electron chi connectivity index (χ3n) is 5.35. The van der Waals surface area contributed by atoms with Gasteiger partial charge in [0.1, 0.15) is 5.82 Å². The highest BCUT2D eigenvalue weighted by Gasteiger charge is 2.50. The lowest BCUT2D eigenvalue weighted by Gasteiger charge is -2.23. The summed E-state index contributed by atoms with van der Waals surface area (Å²) in [5.74, 6) is -0.0156. The van der Waals surface area contributed by atoms with E-state index >= 15 is 0 Å². The fraction of sp³-hybridized carbons (Fsp3) is 0.474. The van der Waals surface area contributed by atoms with E-state index in [1.54, 1.807) is 17.4 Å². The molecule has 0 saturated carbocycles. The number of rotatable bonds is 4. The maximum atomic E-state index is 13.4. The molecule has 2 aromatic rings. The van der Waals surface area contributed by atoms with Crippen molar-refractivity contribution in [3.63, 3.8) is 0 Å². The van der Waals surface area contributed by atoms with Crippen LogP contribution in [0.5, 0.6) is 0 Å². The first-order valence-corrected chi connectivity index (χ1v) is 9.59. The van der Waals surface area contributed by atoms with Crippen LogP contribution in [0.3, 0.4) is 0 Å². The number of aryl methyl sites for hydroxylation is 1. The van der Waals surface area contributed by atoms with Crippen molar-refractivity contribution in [1.82, 2.24) is 14.8 Å². The maximum absolute atomic E-state index is 13.4. The van der Waals surface area contributed by atoms with E-state index in [0.29, 0.717) is 6.54 Å². The summed E-state index contributed by atoms with van der Waals surface area (Å²) < 4.78 is 13.4. The molecular formula is C19H22FN3OS. The number of carbonyl (C=O) groups is 1. The number of aromatic nitrogens is 1. The Morgan fingerprint density at radius 3 is 2.88 bits per heavy atom. The Bertz CT molecular complexity index is 792. The van der Waals surface area contributed by atoms with Gasteiger partial charge in [-0.3, -0.25) is 9.69 Å². The number of hydrogen-bond acceptors (Lipinski definition) is 4. The quantitative estimate of drug-likeness (QED) is 0.841. The molecule has 2 saturated heterocycles. The van der Waals surface area contributed by atoms with Gasteiger partial charge in [0.2, 0.25) is 5.91 Å². The van der Waals surface area contributed by atoms with Gasteiger partial charge >= 0.3 is 0 Å². The van der Waals surface area contributed by atoms with E-state index in [1.165, 1.54) is 12.1 Å². The van der Waals surface area contributed by atoms with E-state index in [-0.39, 0.29) is 17.1 Å². The van der Waals surface area contributed by atoms with Crippen LogP contribution in [0.2, 0.25) is 0 Å². The Labute approximate surface area is 151 Å². The minimum absolute atomic E-state index is 0.230. The number of halogens is 1. The molecule has 0 bridgehead atoms. The number of hydrogen-bond donors (Lipinski definition) is 0. The lowest BCUT2D eigenvalue weighted by molar-refractivity contribution is -0.136. The van der Waals surface area contributed by atoms with Crippen LogP contribution in [0.4, 0.5) is 4.39 Å². The summed E-state index contributed by atoms with van der Waals surface area (Å²) in [7, 11) is 0. The number of nitrogens with zero attached hydrogens (tertiary/aromatic N) is 3. The summed E-state index contributed by atoms with van der Waals surface area (Å²) in [6.07, 6.45) is 1.81. The highest BCUT2D eigenvalue weighted by atomic mass is 32.1. The Hall–Kier alpha value is -1.79. The molecule has 2 aliphatic heterocycles. The van der Waals surface area contributed by atoms with Crippen LogP contribution in [0, 0.1) is 18.2 Å². The Kier molecular flexibility index (Phi) is 4.33. The van der Waals surface area contributed by atoms with Gasteiger partial charge < -0.3 is 4.90 Å². The van der Waals surface area contributed by atoms with Crippen LogP contribution in [0.15, 0.2) is 29.6 Å². The SMILES string of the molecule is Cc1nc(CN2CCC3(CCN(Cc4cccc(F)c4)C3=O)C2)cs1. The van der Waals surface area contributed by atoms with Crippen LogP contribution in [0.1, 0.15) is 29.1 Å². The summed E-state index contributed by atoms with van der Waals surface area (Å²) in [4.78, 5) is 21.8. The summed E-state index contributed by atoms with van der Waals surface area (Å²) >= 11 is 1.67. The molecule has 0 radical (unpaired) electrons. The molecule has 3 heterocycles. The molecule has 4 rings (SSSR count). The second-order valence-electron chi connectivity index (χ2n) is 7.21.